The number of carbonyl (C=O) groups is 2. The van der Waals surface area contributed by atoms with Gasteiger partial charge in [0.1, 0.15) is 5.75 Å². The minimum absolute atomic E-state index is 0.209. The Kier molecular flexibility index (Phi) is 4.78. The van der Waals surface area contributed by atoms with Gasteiger partial charge in [0.2, 0.25) is 5.91 Å². The van der Waals surface area contributed by atoms with Gasteiger partial charge in [-0.2, -0.15) is 0 Å². The molecule has 2 aromatic carbocycles. The van der Waals surface area contributed by atoms with E-state index >= 15 is 0 Å². The summed E-state index contributed by atoms with van der Waals surface area (Å²) in [6.07, 6.45) is 0. The van der Waals surface area contributed by atoms with Crippen LogP contribution in [0.3, 0.4) is 0 Å². The smallest absolute Gasteiger partial charge is 0.251 e. The van der Waals surface area contributed by atoms with Gasteiger partial charge in [-0.25, -0.2) is 0 Å². The van der Waals surface area contributed by atoms with Gasteiger partial charge < -0.3 is 15.8 Å². The van der Waals surface area contributed by atoms with Crippen LogP contribution in [0.25, 0.3) is 0 Å². The number of nitrogens with two attached hydrogens (primary N) is 1. The first-order chi connectivity index (χ1) is 10.5. The highest BCUT2D eigenvalue weighted by atomic mass is 16.5. The third-order valence-corrected chi connectivity index (χ3v) is 3.38. The molecule has 0 aliphatic carbocycles. The standard InChI is InChI=1S/C17H18N2O3/c1-11(14-5-3-4-6-15(14)22-2)19-17(21)13-9-7-12(8-10-13)16(18)20/h3-11H,1-2H3,(H2,18,20)(H,19,21)/t11-/m1/s1. The van der Waals surface area contributed by atoms with Crippen LogP contribution in [0.2, 0.25) is 0 Å². The second kappa shape index (κ2) is 6.76. The van der Waals surface area contributed by atoms with Crippen molar-refractivity contribution in [1.82, 2.24) is 5.32 Å². The predicted molar refractivity (Wildman–Crippen MR) is 83.8 cm³/mol. The SMILES string of the molecule is COc1ccccc1[C@@H](C)NC(=O)c1ccc(C(N)=O)cc1. The first kappa shape index (κ1) is 15.6. The Morgan fingerprint density at radius 2 is 1.64 bits per heavy atom. The molecule has 0 aliphatic rings. The van der Waals surface area contributed by atoms with Gasteiger partial charge in [-0.15, -0.1) is 0 Å². The van der Waals surface area contributed by atoms with Crippen molar-refractivity contribution in [2.24, 2.45) is 5.73 Å². The number of primary amides is 1. The number of hydrogen-bond acceptors (Lipinski definition) is 3. The molecule has 0 fully saturated rings. The van der Waals surface area contributed by atoms with E-state index in [0.29, 0.717) is 11.1 Å². The molecule has 0 saturated carbocycles. The van der Waals surface area contributed by atoms with Crippen LogP contribution in [0, 0.1) is 0 Å². The third kappa shape index (κ3) is 3.44. The quantitative estimate of drug-likeness (QED) is 0.888. The van der Waals surface area contributed by atoms with Crippen LogP contribution in [0.5, 0.6) is 5.75 Å². The Bertz CT molecular complexity index is 681. The lowest BCUT2D eigenvalue weighted by Crippen LogP contribution is -2.27. The van der Waals surface area contributed by atoms with Crippen LogP contribution in [0.1, 0.15) is 39.2 Å². The van der Waals surface area contributed by atoms with E-state index < -0.39 is 5.91 Å². The van der Waals surface area contributed by atoms with E-state index in [4.69, 9.17) is 10.5 Å². The van der Waals surface area contributed by atoms with Gasteiger partial charge in [-0.3, -0.25) is 9.59 Å². The highest BCUT2D eigenvalue weighted by Crippen LogP contribution is 2.24. The summed E-state index contributed by atoms with van der Waals surface area (Å²) in [7, 11) is 1.59. The highest BCUT2D eigenvalue weighted by molar-refractivity contribution is 5.97. The maximum atomic E-state index is 12.2. The predicted octanol–water partition coefficient (Wildman–Crippen LogP) is 2.29. The van der Waals surface area contributed by atoms with Gasteiger partial charge in [0, 0.05) is 16.7 Å². The van der Waals surface area contributed by atoms with Crippen LogP contribution < -0.4 is 15.8 Å². The first-order valence-electron chi connectivity index (χ1n) is 6.86. The summed E-state index contributed by atoms with van der Waals surface area (Å²) in [5, 5.41) is 2.90. The molecule has 5 heteroatoms. The second-order valence-corrected chi connectivity index (χ2v) is 4.88. The van der Waals surface area contributed by atoms with Crippen molar-refractivity contribution in [3.8, 4) is 5.75 Å². The Balaban J connectivity index is 2.12. The fraction of sp³-hybridized carbons (Fsp3) is 0.176. The Labute approximate surface area is 129 Å². The van der Waals surface area contributed by atoms with Crippen molar-refractivity contribution in [3.63, 3.8) is 0 Å². The summed E-state index contributed by atoms with van der Waals surface area (Å²) >= 11 is 0. The molecule has 3 N–H and O–H groups in total. The van der Waals surface area contributed by atoms with Crippen LogP contribution in [-0.2, 0) is 0 Å². The highest BCUT2D eigenvalue weighted by Gasteiger charge is 2.15. The van der Waals surface area contributed by atoms with E-state index in [0.717, 1.165) is 11.3 Å². The Morgan fingerprint density at radius 1 is 1.05 bits per heavy atom. The summed E-state index contributed by atoms with van der Waals surface area (Å²) < 4.78 is 5.29. The number of benzene rings is 2. The maximum absolute atomic E-state index is 12.2. The number of carbonyl (C=O) groups excluding carboxylic acids is 2. The molecule has 2 aromatic rings. The zero-order chi connectivity index (χ0) is 16.1. The fourth-order valence-electron chi connectivity index (χ4n) is 2.17. The first-order valence-corrected chi connectivity index (χ1v) is 6.86. The van der Waals surface area contributed by atoms with E-state index in [1.807, 2.05) is 31.2 Å². The molecule has 2 amide bonds. The van der Waals surface area contributed by atoms with E-state index in [9.17, 15) is 9.59 Å². The topological polar surface area (TPSA) is 81.4 Å². The summed E-state index contributed by atoms with van der Waals surface area (Å²) in [5.41, 5.74) is 6.91. The van der Waals surface area contributed by atoms with Gasteiger partial charge in [0.25, 0.3) is 5.91 Å². The van der Waals surface area contributed by atoms with Crippen LogP contribution in [0.4, 0.5) is 0 Å². The third-order valence-electron chi connectivity index (χ3n) is 3.38. The van der Waals surface area contributed by atoms with Gasteiger partial charge in [-0.05, 0) is 37.3 Å². The largest absolute Gasteiger partial charge is 0.496 e. The lowest BCUT2D eigenvalue weighted by Gasteiger charge is -2.17. The summed E-state index contributed by atoms with van der Waals surface area (Å²) in [5.74, 6) is -0.0249. The lowest BCUT2D eigenvalue weighted by atomic mass is 10.1. The lowest BCUT2D eigenvalue weighted by molar-refractivity contribution is 0.0937. The van der Waals surface area contributed by atoms with Crippen LogP contribution in [-0.4, -0.2) is 18.9 Å². The minimum Gasteiger partial charge on any atom is -0.496 e. The monoisotopic (exact) mass is 298 g/mol. The average molecular weight is 298 g/mol. The summed E-state index contributed by atoms with van der Waals surface area (Å²) in [6, 6.07) is 13.5. The van der Waals surface area contributed by atoms with Crippen LogP contribution in [0.15, 0.2) is 48.5 Å². The molecule has 0 aromatic heterocycles. The van der Waals surface area contributed by atoms with Crippen molar-refractivity contribution < 1.29 is 14.3 Å². The fourth-order valence-corrected chi connectivity index (χ4v) is 2.17. The number of methoxy groups -OCH3 is 1. The molecular formula is C17H18N2O3. The Hall–Kier alpha value is -2.82. The van der Waals surface area contributed by atoms with Gasteiger partial charge >= 0.3 is 0 Å². The molecule has 0 radical (unpaired) electrons. The molecule has 114 valence electrons. The van der Waals surface area contributed by atoms with E-state index in [1.165, 1.54) is 12.1 Å². The Morgan fingerprint density at radius 3 is 2.23 bits per heavy atom. The molecule has 2 rings (SSSR count). The van der Waals surface area contributed by atoms with Gasteiger partial charge in [0.15, 0.2) is 0 Å². The number of ether oxygens (including phenoxy) is 1. The van der Waals surface area contributed by atoms with Crippen molar-refractivity contribution in [2.45, 2.75) is 13.0 Å². The molecule has 0 saturated heterocycles. The van der Waals surface area contributed by atoms with E-state index in [2.05, 4.69) is 5.32 Å². The number of nitrogens with one attached hydrogen (secondary N) is 1. The normalized spacial score (nSPS) is 11.5. The average Bonchev–Trinajstić information content (AvgIpc) is 2.54. The molecular weight excluding hydrogens is 280 g/mol. The molecule has 0 bridgehead atoms. The van der Waals surface area contributed by atoms with E-state index in [-0.39, 0.29) is 11.9 Å². The molecule has 5 nitrogen and oxygen atoms in total. The van der Waals surface area contributed by atoms with Crippen molar-refractivity contribution >= 4 is 11.8 Å². The van der Waals surface area contributed by atoms with Gasteiger partial charge in [0.05, 0.1) is 13.2 Å². The molecule has 1 atom stereocenters. The van der Waals surface area contributed by atoms with E-state index in [1.54, 1.807) is 19.2 Å². The summed E-state index contributed by atoms with van der Waals surface area (Å²) in [4.78, 5) is 23.3. The number of para-hydroxylation sites is 1. The number of rotatable bonds is 5. The van der Waals surface area contributed by atoms with Crippen molar-refractivity contribution in [1.29, 1.82) is 0 Å². The molecule has 0 aliphatic heterocycles. The van der Waals surface area contributed by atoms with Crippen LogP contribution >= 0.6 is 0 Å². The van der Waals surface area contributed by atoms with Crippen molar-refractivity contribution in [2.75, 3.05) is 7.11 Å². The molecule has 0 heterocycles. The van der Waals surface area contributed by atoms with Gasteiger partial charge in [-0.1, -0.05) is 18.2 Å². The maximum Gasteiger partial charge on any atom is 0.251 e. The second-order valence-electron chi connectivity index (χ2n) is 4.88. The molecule has 0 spiro atoms. The number of hydrogen-bond donors (Lipinski definition) is 2. The zero-order valence-corrected chi connectivity index (χ0v) is 12.5. The number of amides is 2. The van der Waals surface area contributed by atoms with Crippen molar-refractivity contribution in [3.05, 3.63) is 65.2 Å². The molecule has 22 heavy (non-hydrogen) atoms. The zero-order valence-electron chi connectivity index (χ0n) is 12.5. The minimum atomic E-state index is -0.519. The molecule has 0 unspecified atom stereocenters. The summed E-state index contributed by atoms with van der Waals surface area (Å²) in [6.45, 7) is 1.88.